The van der Waals surface area contributed by atoms with Crippen LogP contribution in [0.5, 0.6) is 0 Å². The number of carboxylic acids is 1. The minimum absolute atomic E-state index is 0.214. The Bertz CT molecular complexity index is 458. The van der Waals surface area contributed by atoms with E-state index in [-0.39, 0.29) is 6.54 Å². The predicted molar refractivity (Wildman–Crippen MR) is 55.0 cm³/mol. The summed E-state index contributed by atoms with van der Waals surface area (Å²) in [5, 5.41) is 29.0. The van der Waals surface area contributed by atoms with Crippen molar-refractivity contribution < 1.29 is 9.90 Å². The second-order valence-corrected chi connectivity index (χ2v) is 3.04. The number of hydrogen-bond donors (Lipinski definition) is 2. The molecule has 0 aromatic heterocycles. The first-order valence-corrected chi connectivity index (χ1v) is 4.49. The van der Waals surface area contributed by atoms with Gasteiger partial charge in [-0.25, -0.2) is 4.79 Å². The zero-order chi connectivity index (χ0) is 12.0. The van der Waals surface area contributed by atoms with Crippen molar-refractivity contribution in [1.82, 2.24) is 5.32 Å². The zero-order valence-electron chi connectivity index (χ0n) is 8.34. The van der Waals surface area contributed by atoms with Gasteiger partial charge in [0.2, 0.25) is 5.54 Å². The third-order valence-corrected chi connectivity index (χ3v) is 2.13. The molecule has 0 aliphatic carbocycles. The Kier molecular flexibility index (Phi) is 3.60. The summed E-state index contributed by atoms with van der Waals surface area (Å²) < 4.78 is 0. The summed E-state index contributed by atoms with van der Waals surface area (Å²) in [6.07, 6.45) is 0. The third-order valence-electron chi connectivity index (χ3n) is 2.13. The summed E-state index contributed by atoms with van der Waals surface area (Å²) in [6.45, 7) is -0.214. The molecule has 5 heteroatoms. The maximum atomic E-state index is 11.2. The van der Waals surface area contributed by atoms with Crippen molar-refractivity contribution in [2.24, 2.45) is 0 Å². The molecule has 0 bridgehead atoms. The maximum absolute atomic E-state index is 11.2. The molecule has 0 radical (unpaired) electrons. The second kappa shape index (κ2) is 4.92. The number of benzene rings is 1. The lowest BCUT2D eigenvalue weighted by atomic mass is 9.91. The van der Waals surface area contributed by atoms with Crippen LogP contribution in [0.4, 0.5) is 0 Å². The molecule has 16 heavy (non-hydrogen) atoms. The summed E-state index contributed by atoms with van der Waals surface area (Å²) in [5.74, 6) is -1.32. The highest BCUT2D eigenvalue weighted by atomic mass is 16.4. The van der Waals surface area contributed by atoms with Crippen LogP contribution in [0.25, 0.3) is 0 Å². The monoisotopic (exact) mass is 215 g/mol. The lowest BCUT2D eigenvalue weighted by Crippen LogP contribution is -2.48. The fourth-order valence-corrected chi connectivity index (χ4v) is 1.31. The number of carbonyl (C=O) groups is 1. The zero-order valence-corrected chi connectivity index (χ0v) is 8.34. The van der Waals surface area contributed by atoms with Crippen LogP contribution in [0.15, 0.2) is 30.3 Å². The lowest BCUT2D eigenvalue weighted by Gasteiger charge is -2.22. The van der Waals surface area contributed by atoms with Crippen LogP contribution >= 0.6 is 0 Å². The molecule has 1 aromatic carbocycles. The third kappa shape index (κ3) is 2.00. The average Bonchev–Trinajstić information content (AvgIpc) is 2.31. The first-order chi connectivity index (χ1) is 7.67. The predicted octanol–water partition coefficient (Wildman–Crippen LogP) is 0.603. The van der Waals surface area contributed by atoms with Gasteiger partial charge in [0.05, 0.1) is 12.6 Å². The number of hydrogen-bond acceptors (Lipinski definition) is 4. The standard InChI is InChI=1S/C11H9N3O2/c12-6-7-14-11(8-13,10(15)16)9-4-2-1-3-5-9/h1-5,14H,7H2,(H,15,16). The number of nitrogens with zero attached hydrogens (tertiary/aromatic N) is 2. The van der Waals surface area contributed by atoms with Gasteiger partial charge in [0.25, 0.3) is 0 Å². The maximum Gasteiger partial charge on any atom is 0.343 e. The fourth-order valence-electron chi connectivity index (χ4n) is 1.31. The van der Waals surface area contributed by atoms with Crippen molar-refractivity contribution in [2.45, 2.75) is 5.54 Å². The Hall–Kier alpha value is -2.37. The van der Waals surface area contributed by atoms with E-state index in [2.05, 4.69) is 5.32 Å². The molecule has 80 valence electrons. The normalized spacial score (nSPS) is 13.1. The van der Waals surface area contributed by atoms with Crippen LogP contribution in [0, 0.1) is 22.7 Å². The number of nitrogens with one attached hydrogen (secondary N) is 1. The van der Waals surface area contributed by atoms with E-state index < -0.39 is 11.5 Å². The number of nitriles is 2. The first kappa shape index (κ1) is 11.7. The van der Waals surface area contributed by atoms with E-state index in [1.54, 1.807) is 30.3 Å². The van der Waals surface area contributed by atoms with Gasteiger partial charge in [0, 0.05) is 0 Å². The number of carboxylic acid groups (broad SMARTS) is 1. The van der Waals surface area contributed by atoms with Gasteiger partial charge in [0.1, 0.15) is 6.07 Å². The van der Waals surface area contributed by atoms with E-state index in [1.807, 2.05) is 0 Å². The van der Waals surface area contributed by atoms with Gasteiger partial charge in [-0.1, -0.05) is 30.3 Å². The van der Waals surface area contributed by atoms with Gasteiger partial charge < -0.3 is 5.11 Å². The van der Waals surface area contributed by atoms with E-state index in [1.165, 1.54) is 12.1 Å². The molecule has 0 fully saturated rings. The second-order valence-electron chi connectivity index (χ2n) is 3.04. The van der Waals surface area contributed by atoms with Gasteiger partial charge in [-0.05, 0) is 5.56 Å². The topological polar surface area (TPSA) is 96.9 Å². The largest absolute Gasteiger partial charge is 0.479 e. The fraction of sp³-hybridized carbons (Fsp3) is 0.182. The highest BCUT2D eigenvalue weighted by Crippen LogP contribution is 2.20. The molecular formula is C11H9N3O2. The van der Waals surface area contributed by atoms with Gasteiger partial charge >= 0.3 is 5.97 Å². The Labute approximate surface area is 92.5 Å². The molecule has 5 nitrogen and oxygen atoms in total. The smallest absolute Gasteiger partial charge is 0.343 e. The molecule has 0 saturated heterocycles. The first-order valence-electron chi connectivity index (χ1n) is 4.49. The van der Waals surface area contributed by atoms with Gasteiger partial charge in [0.15, 0.2) is 0 Å². The van der Waals surface area contributed by atoms with E-state index in [4.69, 9.17) is 15.6 Å². The number of rotatable bonds is 4. The van der Waals surface area contributed by atoms with Crippen molar-refractivity contribution in [3.05, 3.63) is 35.9 Å². The van der Waals surface area contributed by atoms with Crippen molar-refractivity contribution in [1.29, 1.82) is 10.5 Å². The van der Waals surface area contributed by atoms with Crippen molar-refractivity contribution in [3.63, 3.8) is 0 Å². The van der Waals surface area contributed by atoms with Crippen molar-refractivity contribution >= 4 is 5.97 Å². The highest BCUT2D eigenvalue weighted by molar-refractivity contribution is 5.84. The molecule has 0 aliphatic rings. The van der Waals surface area contributed by atoms with E-state index in [9.17, 15) is 4.79 Å². The molecule has 0 heterocycles. The quantitative estimate of drug-likeness (QED) is 0.717. The molecule has 0 saturated carbocycles. The van der Waals surface area contributed by atoms with Crippen LogP contribution in [0.3, 0.4) is 0 Å². The van der Waals surface area contributed by atoms with Crippen molar-refractivity contribution in [3.8, 4) is 12.1 Å². The Morgan fingerprint density at radius 2 is 2.00 bits per heavy atom. The Balaban J connectivity index is 3.20. The molecule has 0 amide bonds. The minimum Gasteiger partial charge on any atom is -0.479 e. The average molecular weight is 215 g/mol. The molecule has 1 atom stereocenters. The summed E-state index contributed by atoms with van der Waals surface area (Å²) in [7, 11) is 0. The number of aliphatic carboxylic acids is 1. The van der Waals surface area contributed by atoms with Gasteiger partial charge in [-0.3, -0.25) is 5.32 Å². The molecule has 1 aromatic rings. The van der Waals surface area contributed by atoms with Gasteiger partial charge in [-0.15, -0.1) is 0 Å². The van der Waals surface area contributed by atoms with E-state index >= 15 is 0 Å². The van der Waals surface area contributed by atoms with Crippen LogP contribution in [0.1, 0.15) is 5.56 Å². The van der Waals surface area contributed by atoms with Crippen LogP contribution in [-0.2, 0) is 10.3 Å². The van der Waals surface area contributed by atoms with E-state index in [0.29, 0.717) is 5.56 Å². The summed E-state index contributed by atoms with van der Waals surface area (Å²) in [4.78, 5) is 11.2. The van der Waals surface area contributed by atoms with Crippen LogP contribution < -0.4 is 5.32 Å². The molecule has 0 aliphatic heterocycles. The Morgan fingerprint density at radius 3 is 2.44 bits per heavy atom. The SMILES string of the molecule is N#CCNC(C#N)(C(=O)O)c1ccccc1. The lowest BCUT2D eigenvalue weighted by molar-refractivity contribution is -0.142. The summed E-state index contributed by atoms with van der Waals surface area (Å²) >= 11 is 0. The summed E-state index contributed by atoms with van der Waals surface area (Å²) in [5.41, 5.74) is -1.56. The van der Waals surface area contributed by atoms with Gasteiger partial charge in [-0.2, -0.15) is 10.5 Å². The molecular weight excluding hydrogens is 206 g/mol. The molecule has 2 N–H and O–H groups in total. The van der Waals surface area contributed by atoms with Crippen LogP contribution in [0.2, 0.25) is 0 Å². The van der Waals surface area contributed by atoms with E-state index in [0.717, 1.165) is 0 Å². The summed E-state index contributed by atoms with van der Waals surface area (Å²) in [6, 6.07) is 11.5. The Morgan fingerprint density at radius 1 is 1.38 bits per heavy atom. The highest BCUT2D eigenvalue weighted by Gasteiger charge is 2.40. The molecule has 1 rings (SSSR count). The molecule has 1 unspecified atom stereocenters. The minimum atomic E-state index is -1.86. The van der Waals surface area contributed by atoms with Crippen molar-refractivity contribution in [2.75, 3.05) is 6.54 Å². The van der Waals surface area contributed by atoms with Crippen LogP contribution in [-0.4, -0.2) is 17.6 Å². The molecule has 0 spiro atoms.